The van der Waals surface area contributed by atoms with Crippen molar-refractivity contribution in [2.45, 2.75) is 11.9 Å². The zero-order chi connectivity index (χ0) is 12.1. The summed E-state index contributed by atoms with van der Waals surface area (Å²) in [5.41, 5.74) is 0.378. The summed E-state index contributed by atoms with van der Waals surface area (Å²) in [6.45, 7) is 1.41. The van der Waals surface area contributed by atoms with Crippen LogP contribution in [0, 0.1) is 0 Å². The Morgan fingerprint density at radius 3 is 2.62 bits per heavy atom. The Labute approximate surface area is 102 Å². The van der Waals surface area contributed by atoms with Crippen molar-refractivity contribution in [3.05, 3.63) is 29.8 Å². The minimum absolute atomic E-state index is 0.150. The highest BCUT2D eigenvalue weighted by atomic mass is 79.9. The van der Waals surface area contributed by atoms with Crippen LogP contribution in [0.15, 0.2) is 24.3 Å². The largest absolute Gasteiger partial charge is 0.471 e. The van der Waals surface area contributed by atoms with Crippen LogP contribution in [-0.2, 0) is 9.53 Å². The molecule has 0 bridgehead atoms. The number of esters is 1. The molecule has 1 aromatic rings. The summed E-state index contributed by atoms with van der Waals surface area (Å²) in [5.74, 6) is -0.164. The Kier molecular flexibility index (Phi) is 4.49. The molecule has 4 nitrogen and oxygen atoms in total. The maximum absolute atomic E-state index is 11.2. The maximum atomic E-state index is 11.2. The number of alkyl halides is 1. The fourth-order valence-corrected chi connectivity index (χ4v) is 1.23. The number of ether oxygens (including phenoxy) is 2. The zero-order valence-corrected chi connectivity index (χ0v) is 10.5. The molecule has 1 unspecified atom stereocenters. The number of methoxy groups -OCH3 is 1. The summed E-state index contributed by atoms with van der Waals surface area (Å²) in [6.07, 6.45) is 0. The third kappa shape index (κ3) is 3.34. The van der Waals surface area contributed by atoms with E-state index in [0.29, 0.717) is 11.3 Å². The van der Waals surface area contributed by atoms with Gasteiger partial charge in [0, 0.05) is 0 Å². The Morgan fingerprint density at radius 1 is 1.38 bits per heavy atom. The van der Waals surface area contributed by atoms with Crippen LogP contribution in [0.3, 0.4) is 0 Å². The van der Waals surface area contributed by atoms with Gasteiger partial charge in [-0.1, -0.05) is 6.07 Å². The van der Waals surface area contributed by atoms with Gasteiger partial charge >= 0.3 is 5.97 Å². The van der Waals surface area contributed by atoms with Gasteiger partial charge in [0.15, 0.2) is 5.78 Å². The molecule has 1 aromatic carbocycles. The molecule has 0 heterocycles. The normalized spacial score (nSPS) is 11.7. The van der Waals surface area contributed by atoms with E-state index < -0.39 is 11.0 Å². The molecule has 1 atom stereocenters. The number of rotatable bonds is 4. The second kappa shape index (κ2) is 5.65. The van der Waals surface area contributed by atoms with Crippen molar-refractivity contribution in [3.63, 3.8) is 0 Å². The van der Waals surface area contributed by atoms with Crippen molar-refractivity contribution in [1.29, 1.82) is 0 Å². The lowest BCUT2D eigenvalue weighted by molar-refractivity contribution is -0.120. The average molecular weight is 287 g/mol. The second-order valence-electron chi connectivity index (χ2n) is 3.06. The van der Waals surface area contributed by atoms with Crippen LogP contribution in [0.2, 0.25) is 0 Å². The molecule has 5 heteroatoms. The van der Waals surface area contributed by atoms with Gasteiger partial charge in [-0.15, -0.1) is 0 Å². The Bertz CT molecular complexity index is 403. The molecule has 0 aliphatic carbocycles. The monoisotopic (exact) mass is 286 g/mol. The molecule has 0 aliphatic heterocycles. The van der Waals surface area contributed by atoms with E-state index in [4.69, 9.17) is 4.74 Å². The van der Waals surface area contributed by atoms with E-state index in [1.54, 1.807) is 18.2 Å². The van der Waals surface area contributed by atoms with E-state index in [2.05, 4.69) is 20.7 Å². The van der Waals surface area contributed by atoms with E-state index in [9.17, 15) is 9.59 Å². The lowest BCUT2D eigenvalue weighted by Gasteiger charge is -2.10. The number of ketones is 1. The Balaban J connectivity index is 2.82. The van der Waals surface area contributed by atoms with E-state index in [1.165, 1.54) is 20.1 Å². The SMILES string of the molecule is COC(=O)c1cccc(OC(Br)C(C)=O)c1. The first-order valence-electron chi connectivity index (χ1n) is 4.54. The summed E-state index contributed by atoms with van der Waals surface area (Å²) in [5, 5.41) is -0.708. The summed E-state index contributed by atoms with van der Waals surface area (Å²) in [7, 11) is 1.30. The maximum Gasteiger partial charge on any atom is 0.337 e. The van der Waals surface area contributed by atoms with Crippen LogP contribution < -0.4 is 4.74 Å². The van der Waals surface area contributed by atoms with Crippen molar-refractivity contribution < 1.29 is 19.1 Å². The molecule has 0 aromatic heterocycles. The fraction of sp³-hybridized carbons (Fsp3) is 0.273. The van der Waals surface area contributed by atoms with Gasteiger partial charge in [0.2, 0.25) is 5.01 Å². The van der Waals surface area contributed by atoms with Crippen molar-refractivity contribution in [1.82, 2.24) is 0 Å². The first-order valence-corrected chi connectivity index (χ1v) is 5.45. The zero-order valence-electron chi connectivity index (χ0n) is 8.90. The standard InChI is InChI=1S/C11H11BrO4/c1-7(13)10(12)16-9-5-3-4-8(6-9)11(14)15-2/h3-6,10H,1-2H3. The minimum Gasteiger partial charge on any atom is -0.471 e. The second-order valence-corrected chi connectivity index (χ2v) is 3.90. The van der Waals surface area contributed by atoms with Gasteiger partial charge in [-0.05, 0) is 41.1 Å². The van der Waals surface area contributed by atoms with Crippen molar-refractivity contribution in [2.75, 3.05) is 7.11 Å². The van der Waals surface area contributed by atoms with Gasteiger partial charge in [-0.3, -0.25) is 4.79 Å². The van der Waals surface area contributed by atoms with E-state index in [-0.39, 0.29) is 5.78 Å². The number of Topliss-reactive ketones (excluding diaryl/α,β-unsaturated/α-hetero) is 1. The van der Waals surface area contributed by atoms with E-state index >= 15 is 0 Å². The summed E-state index contributed by atoms with van der Waals surface area (Å²) in [4.78, 5) is 22.2. The number of carbonyl (C=O) groups is 2. The molecule has 0 spiro atoms. The third-order valence-electron chi connectivity index (χ3n) is 1.81. The lowest BCUT2D eigenvalue weighted by Crippen LogP contribution is -2.17. The summed E-state index contributed by atoms with van der Waals surface area (Å²) >= 11 is 3.07. The number of hydrogen-bond donors (Lipinski definition) is 0. The van der Waals surface area contributed by atoms with Crippen LogP contribution in [0.5, 0.6) is 5.75 Å². The molecular weight excluding hydrogens is 276 g/mol. The highest BCUT2D eigenvalue weighted by molar-refractivity contribution is 9.09. The van der Waals surface area contributed by atoms with E-state index in [0.717, 1.165) is 0 Å². The smallest absolute Gasteiger partial charge is 0.337 e. The molecule has 0 saturated heterocycles. The average Bonchev–Trinajstić information content (AvgIpc) is 2.28. The molecule has 1 rings (SSSR count). The first-order chi connectivity index (χ1) is 7.54. The van der Waals surface area contributed by atoms with Crippen LogP contribution in [-0.4, -0.2) is 23.9 Å². The quantitative estimate of drug-likeness (QED) is 0.629. The highest BCUT2D eigenvalue weighted by Crippen LogP contribution is 2.17. The van der Waals surface area contributed by atoms with Gasteiger partial charge < -0.3 is 9.47 Å². The van der Waals surface area contributed by atoms with Crippen LogP contribution >= 0.6 is 15.9 Å². The number of carbonyl (C=O) groups excluding carboxylic acids is 2. The van der Waals surface area contributed by atoms with Gasteiger partial charge in [0.25, 0.3) is 0 Å². The molecule has 0 N–H and O–H groups in total. The molecule has 0 aliphatic rings. The molecule has 0 fully saturated rings. The minimum atomic E-state index is -0.708. The number of hydrogen-bond acceptors (Lipinski definition) is 4. The van der Waals surface area contributed by atoms with Crippen molar-refractivity contribution >= 4 is 27.7 Å². The van der Waals surface area contributed by atoms with E-state index in [1.807, 2.05) is 0 Å². The van der Waals surface area contributed by atoms with Gasteiger partial charge in [0.05, 0.1) is 12.7 Å². The summed E-state index contributed by atoms with van der Waals surface area (Å²) in [6, 6.07) is 6.43. The highest BCUT2D eigenvalue weighted by Gasteiger charge is 2.12. The Morgan fingerprint density at radius 2 is 2.06 bits per heavy atom. The van der Waals surface area contributed by atoms with Gasteiger partial charge in [0.1, 0.15) is 5.75 Å². The van der Waals surface area contributed by atoms with Crippen LogP contribution in [0.25, 0.3) is 0 Å². The topological polar surface area (TPSA) is 52.6 Å². The predicted octanol–water partition coefficient (Wildman–Crippen LogP) is 2.16. The van der Waals surface area contributed by atoms with Crippen molar-refractivity contribution in [3.8, 4) is 5.75 Å². The summed E-state index contributed by atoms with van der Waals surface area (Å²) < 4.78 is 9.84. The Hall–Kier alpha value is -1.36. The van der Waals surface area contributed by atoms with Gasteiger partial charge in [-0.25, -0.2) is 4.79 Å². The third-order valence-corrected chi connectivity index (χ3v) is 2.65. The van der Waals surface area contributed by atoms with Gasteiger partial charge in [-0.2, -0.15) is 0 Å². The van der Waals surface area contributed by atoms with Crippen LogP contribution in [0.4, 0.5) is 0 Å². The number of halogens is 1. The molecule has 0 saturated carbocycles. The molecule has 86 valence electrons. The molecule has 0 amide bonds. The molecular formula is C11H11BrO4. The molecule has 0 radical (unpaired) electrons. The number of benzene rings is 1. The van der Waals surface area contributed by atoms with Crippen molar-refractivity contribution in [2.24, 2.45) is 0 Å². The predicted molar refractivity (Wildman–Crippen MR) is 61.8 cm³/mol. The fourth-order valence-electron chi connectivity index (χ4n) is 1.02. The first kappa shape index (κ1) is 12.7. The lowest BCUT2D eigenvalue weighted by atomic mass is 10.2. The molecule has 16 heavy (non-hydrogen) atoms. The van der Waals surface area contributed by atoms with Crippen LogP contribution in [0.1, 0.15) is 17.3 Å².